The van der Waals surface area contributed by atoms with E-state index in [1.807, 2.05) is 0 Å². The topological polar surface area (TPSA) is 46.0 Å². The van der Waals surface area contributed by atoms with E-state index in [1.54, 1.807) is 0 Å². The minimum atomic E-state index is -0.181. The molecule has 1 heterocycles. The second-order valence-electron chi connectivity index (χ2n) is 1.59. The van der Waals surface area contributed by atoms with Gasteiger partial charge in [0.2, 0.25) is 0 Å². The first-order valence-electron chi connectivity index (χ1n) is 2.52. The van der Waals surface area contributed by atoms with Crippen molar-refractivity contribution in [3.8, 4) is 0 Å². The Morgan fingerprint density at radius 2 is 2.40 bits per heavy atom. The second-order valence-corrected chi connectivity index (χ2v) is 2.76. The van der Waals surface area contributed by atoms with Crippen molar-refractivity contribution >= 4 is 27.5 Å². The zero-order valence-electron chi connectivity index (χ0n) is 4.88. The number of aromatic nitrogens is 2. The summed E-state index contributed by atoms with van der Waals surface area (Å²) in [7, 11) is 0. The minimum absolute atomic E-state index is 0.181. The molecule has 10 heavy (non-hydrogen) atoms. The predicted molar refractivity (Wildman–Crippen MR) is 40.7 cm³/mol. The summed E-state index contributed by atoms with van der Waals surface area (Å²) < 4.78 is 0.565. The van der Waals surface area contributed by atoms with E-state index in [1.165, 1.54) is 6.20 Å². The van der Waals surface area contributed by atoms with Crippen molar-refractivity contribution in [2.24, 2.45) is 0 Å². The van der Waals surface area contributed by atoms with E-state index in [4.69, 9.17) is 16.7 Å². The van der Waals surface area contributed by atoms with Gasteiger partial charge in [0.15, 0.2) is 5.15 Å². The smallest absolute Gasteiger partial charge is 0.154 e. The van der Waals surface area contributed by atoms with Gasteiger partial charge in [-0.05, 0) is 15.9 Å². The van der Waals surface area contributed by atoms with Crippen molar-refractivity contribution < 1.29 is 5.11 Å². The van der Waals surface area contributed by atoms with Crippen molar-refractivity contribution in [3.05, 3.63) is 21.6 Å². The van der Waals surface area contributed by atoms with Crippen LogP contribution in [0, 0.1) is 0 Å². The Labute approximate surface area is 71.2 Å². The summed E-state index contributed by atoms with van der Waals surface area (Å²) in [6, 6.07) is 0. The lowest BCUT2D eigenvalue weighted by Gasteiger charge is -1.96. The number of aliphatic hydroxyl groups is 1. The average Bonchev–Trinajstić information content (AvgIpc) is 1.88. The summed E-state index contributed by atoms with van der Waals surface area (Å²) in [5.41, 5.74) is 0.393. The molecule has 0 aliphatic heterocycles. The molecule has 0 unspecified atom stereocenters. The number of rotatable bonds is 1. The predicted octanol–water partition coefficient (Wildman–Crippen LogP) is 1.38. The fourth-order valence-corrected chi connectivity index (χ4v) is 1.06. The molecule has 0 bridgehead atoms. The van der Waals surface area contributed by atoms with E-state index in [0.717, 1.165) is 0 Å². The molecule has 0 spiro atoms. The van der Waals surface area contributed by atoms with Gasteiger partial charge in [-0.25, -0.2) is 4.98 Å². The van der Waals surface area contributed by atoms with Crippen LogP contribution in [0.4, 0.5) is 0 Å². The highest BCUT2D eigenvalue weighted by atomic mass is 79.9. The Morgan fingerprint density at radius 3 is 2.90 bits per heavy atom. The molecule has 0 fully saturated rings. The summed E-state index contributed by atoms with van der Waals surface area (Å²) in [6.07, 6.45) is 1.48. The second kappa shape index (κ2) is 3.27. The summed E-state index contributed by atoms with van der Waals surface area (Å²) in [5, 5.41) is 8.84. The molecule has 0 amide bonds. The first-order chi connectivity index (χ1) is 4.74. The third-order valence-electron chi connectivity index (χ3n) is 0.920. The van der Waals surface area contributed by atoms with Crippen LogP contribution in [0.5, 0.6) is 0 Å². The maximum atomic E-state index is 8.61. The van der Waals surface area contributed by atoms with Crippen molar-refractivity contribution in [2.75, 3.05) is 0 Å². The van der Waals surface area contributed by atoms with Crippen molar-refractivity contribution in [2.45, 2.75) is 6.61 Å². The van der Waals surface area contributed by atoms with Gasteiger partial charge in [0, 0.05) is 0 Å². The van der Waals surface area contributed by atoms with Crippen LogP contribution >= 0.6 is 27.5 Å². The molecule has 0 aliphatic rings. The van der Waals surface area contributed by atoms with E-state index in [9.17, 15) is 0 Å². The Balaban J connectivity index is 3.07. The van der Waals surface area contributed by atoms with Crippen molar-refractivity contribution in [1.29, 1.82) is 0 Å². The number of halogens is 2. The summed E-state index contributed by atoms with van der Waals surface area (Å²) >= 11 is 8.65. The van der Waals surface area contributed by atoms with Crippen LogP contribution in [0.15, 0.2) is 10.8 Å². The third kappa shape index (κ3) is 1.65. The van der Waals surface area contributed by atoms with Gasteiger partial charge in [-0.15, -0.1) is 0 Å². The van der Waals surface area contributed by atoms with E-state index in [-0.39, 0.29) is 11.8 Å². The maximum absolute atomic E-state index is 8.61. The molecule has 0 aromatic carbocycles. The fraction of sp³-hybridized carbons (Fsp3) is 0.200. The number of aliphatic hydroxyl groups excluding tert-OH is 1. The van der Waals surface area contributed by atoms with Crippen LogP contribution in [0.1, 0.15) is 5.69 Å². The molecule has 0 atom stereocenters. The Kier molecular flexibility index (Phi) is 2.59. The summed E-state index contributed by atoms with van der Waals surface area (Å²) in [6.45, 7) is -0.181. The first kappa shape index (κ1) is 7.91. The van der Waals surface area contributed by atoms with Gasteiger partial charge in [0.25, 0.3) is 0 Å². The lowest BCUT2D eigenvalue weighted by Crippen LogP contribution is -1.92. The molecular weight excluding hydrogens is 219 g/mol. The monoisotopic (exact) mass is 222 g/mol. The Bertz CT molecular complexity index is 243. The molecule has 1 rings (SSSR count). The van der Waals surface area contributed by atoms with Gasteiger partial charge >= 0.3 is 0 Å². The number of hydrogen-bond acceptors (Lipinski definition) is 3. The number of hydrogen-bond donors (Lipinski definition) is 1. The lowest BCUT2D eigenvalue weighted by atomic mass is 10.5. The molecule has 5 heteroatoms. The van der Waals surface area contributed by atoms with E-state index >= 15 is 0 Å². The largest absolute Gasteiger partial charge is 0.390 e. The van der Waals surface area contributed by atoms with E-state index < -0.39 is 0 Å². The maximum Gasteiger partial charge on any atom is 0.154 e. The molecule has 0 saturated heterocycles. The van der Waals surface area contributed by atoms with Gasteiger partial charge in [0.05, 0.1) is 12.8 Å². The summed E-state index contributed by atoms with van der Waals surface area (Å²) in [4.78, 5) is 7.61. The molecular formula is C5H4BrClN2O. The highest BCUT2D eigenvalue weighted by molar-refractivity contribution is 9.10. The van der Waals surface area contributed by atoms with Crippen LogP contribution in [-0.4, -0.2) is 15.1 Å². The van der Waals surface area contributed by atoms with Gasteiger partial charge in [0.1, 0.15) is 10.3 Å². The average molecular weight is 223 g/mol. The minimum Gasteiger partial charge on any atom is -0.390 e. The highest BCUT2D eigenvalue weighted by Gasteiger charge is 2.00. The molecule has 1 aromatic rings. The lowest BCUT2D eigenvalue weighted by molar-refractivity contribution is 0.276. The molecule has 0 saturated carbocycles. The van der Waals surface area contributed by atoms with Gasteiger partial charge in [-0.1, -0.05) is 11.6 Å². The quantitative estimate of drug-likeness (QED) is 0.782. The Hall–Kier alpha value is -0.190. The molecule has 1 N–H and O–H groups in total. The van der Waals surface area contributed by atoms with Crippen LogP contribution in [0.3, 0.4) is 0 Å². The van der Waals surface area contributed by atoms with Gasteiger partial charge in [-0.3, -0.25) is 4.98 Å². The van der Waals surface area contributed by atoms with Crippen molar-refractivity contribution in [1.82, 2.24) is 9.97 Å². The Morgan fingerprint density at radius 1 is 1.70 bits per heavy atom. The van der Waals surface area contributed by atoms with Gasteiger partial charge in [-0.2, -0.15) is 0 Å². The van der Waals surface area contributed by atoms with E-state index in [0.29, 0.717) is 10.3 Å². The van der Waals surface area contributed by atoms with Gasteiger partial charge < -0.3 is 5.11 Å². The standard InChI is InChI=1S/C5H4BrClN2O/c6-4-1-8-3(2-10)5(7)9-4/h1,10H,2H2. The molecule has 1 aromatic heterocycles. The first-order valence-corrected chi connectivity index (χ1v) is 3.69. The van der Waals surface area contributed by atoms with E-state index in [2.05, 4.69) is 25.9 Å². The third-order valence-corrected chi connectivity index (χ3v) is 1.60. The SMILES string of the molecule is OCc1ncc(Br)nc1Cl. The molecule has 0 aliphatic carbocycles. The molecule has 54 valence electrons. The zero-order valence-corrected chi connectivity index (χ0v) is 7.22. The zero-order chi connectivity index (χ0) is 7.56. The van der Waals surface area contributed by atoms with Crippen LogP contribution in [0.25, 0.3) is 0 Å². The highest BCUT2D eigenvalue weighted by Crippen LogP contribution is 2.13. The number of nitrogens with zero attached hydrogens (tertiary/aromatic N) is 2. The van der Waals surface area contributed by atoms with Crippen LogP contribution < -0.4 is 0 Å². The van der Waals surface area contributed by atoms with Crippen molar-refractivity contribution in [3.63, 3.8) is 0 Å². The van der Waals surface area contributed by atoms with Crippen LogP contribution in [-0.2, 0) is 6.61 Å². The molecule has 3 nitrogen and oxygen atoms in total. The molecule has 0 radical (unpaired) electrons. The fourth-order valence-electron chi connectivity index (χ4n) is 0.478. The summed E-state index contributed by atoms with van der Waals surface area (Å²) in [5.74, 6) is 0. The van der Waals surface area contributed by atoms with Crippen LogP contribution in [0.2, 0.25) is 5.15 Å². The normalized spacial score (nSPS) is 9.90.